The van der Waals surface area contributed by atoms with Crippen molar-refractivity contribution in [2.45, 2.75) is 32.4 Å². The van der Waals surface area contributed by atoms with Gasteiger partial charge in [0.2, 0.25) is 0 Å². The van der Waals surface area contributed by atoms with Gasteiger partial charge < -0.3 is 10.2 Å². The number of rotatable bonds is 4. The summed E-state index contributed by atoms with van der Waals surface area (Å²) in [4.78, 5) is 15.4. The minimum absolute atomic E-state index is 0.129. The molecule has 0 bridgehead atoms. The molecule has 1 aliphatic rings. The summed E-state index contributed by atoms with van der Waals surface area (Å²) in [5, 5.41) is 22.3. The number of alkyl halides is 3. The van der Waals surface area contributed by atoms with E-state index in [1.165, 1.54) is 6.07 Å². The maximum Gasteiger partial charge on any atom is 0.434 e. The second kappa shape index (κ2) is 7.15. The zero-order chi connectivity index (χ0) is 19.8. The van der Waals surface area contributed by atoms with Crippen LogP contribution in [0.3, 0.4) is 0 Å². The summed E-state index contributed by atoms with van der Waals surface area (Å²) in [6.45, 7) is 1.85. The minimum atomic E-state index is -4.91. The van der Waals surface area contributed by atoms with Gasteiger partial charge in [-0.25, -0.2) is 14.5 Å². The van der Waals surface area contributed by atoms with Crippen LogP contribution in [0.15, 0.2) is 30.0 Å². The van der Waals surface area contributed by atoms with E-state index >= 15 is 0 Å². The van der Waals surface area contributed by atoms with Gasteiger partial charge in [-0.3, -0.25) is 0 Å². The van der Waals surface area contributed by atoms with E-state index in [1.807, 2.05) is 6.92 Å². The maximum atomic E-state index is 13.4. The number of aliphatic hydroxyl groups excluding tert-OH is 1. The first kappa shape index (κ1) is 19.1. The zero-order valence-electron chi connectivity index (χ0n) is 14.5. The van der Waals surface area contributed by atoms with Gasteiger partial charge in [-0.05, 0) is 48.5 Å². The molecule has 1 atom stereocenters. The van der Waals surface area contributed by atoms with Gasteiger partial charge in [0.15, 0.2) is 11.5 Å². The normalized spacial score (nSPS) is 18.0. The Kier molecular flexibility index (Phi) is 5.05. The van der Waals surface area contributed by atoms with Crippen molar-refractivity contribution in [3.05, 3.63) is 46.9 Å². The van der Waals surface area contributed by atoms with Gasteiger partial charge in [0.25, 0.3) is 0 Å². The molecule has 2 heterocycles. The van der Waals surface area contributed by atoms with Crippen LogP contribution < -0.4 is 0 Å². The van der Waals surface area contributed by atoms with Gasteiger partial charge in [-0.15, -0.1) is 0 Å². The largest absolute Gasteiger partial charge is 0.478 e. The van der Waals surface area contributed by atoms with Crippen LogP contribution in [0.1, 0.15) is 47.9 Å². The topological polar surface area (TPSA) is 88.2 Å². The Morgan fingerprint density at radius 1 is 1.37 bits per heavy atom. The summed E-state index contributed by atoms with van der Waals surface area (Å²) < 4.78 is 40.7. The molecular formula is C18H18F3N3O3. The van der Waals surface area contributed by atoms with Gasteiger partial charge in [-0.2, -0.15) is 18.3 Å². The van der Waals surface area contributed by atoms with Crippen molar-refractivity contribution in [2.75, 3.05) is 6.61 Å². The Morgan fingerprint density at radius 3 is 2.74 bits per heavy atom. The van der Waals surface area contributed by atoms with E-state index in [2.05, 4.69) is 10.1 Å². The van der Waals surface area contributed by atoms with Gasteiger partial charge in [-0.1, -0.05) is 13.0 Å². The molecule has 0 aliphatic heterocycles. The van der Waals surface area contributed by atoms with Crippen LogP contribution in [-0.4, -0.2) is 37.6 Å². The fourth-order valence-corrected chi connectivity index (χ4v) is 3.42. The molecule has 1 aliphatic carbocycles. The second-order valence-electron chi connectivity index (χ2n) is 6.46. The van der Waals surface area contributed by atoms with E-state index in [9.17, 15) is 23.1 Å². The third-order valence-electron chi connectivity index (χ3n) is 4.75. The smallest absolute Gasteiger partial charge is 0.434 e. The maximum absolute atomic E-state index is 13.4. The molecule has 3 rings (SSSR count). The molecule has 2 N–H and O–H groups in total. The van der Waals surface area contributed by atoms with Gasteiger partial charge in [0.05, 0.1) is 18.5 Å². The fraction of sp³-hybridized carbons (Fsp3) is 0.389. The molecule has 0 saturated heterocycles. The first-order valence-electron chi connectivity index (χ1n) is 8.43. The Labute approximate surface area is 153 Å². The number of carboxylic acids is 1. The number of allylic oxidation sites excluding steroid dienone is 1. The molecule has 6 nitrogen and oxygen atoms in total. The lowest BCUT2D eigenvalue weighted by Crippen LogP contribution is -2.18. The predicted octanol–water partition coefficient (Wildman–Crippen LogP) is 3.55. The van der Waals surface area contributed by atoms with Crippen molar-refractivity contribution in [3.8, 4) is 5.82 Å². The van der Waals surface area contributed by atoms with E-state index in [0.717, 1.165) is 24.0 Å². The van der Waals surface area contributed by atoms with Gasteiger partial charge in [0.1, 0.15) is 5.56 Å². The third kappa shape index (κ3) is 3.59. The molecule has 0 radical (unpaired) electrons. The Morgan fingerprint density at radius 2 is 2.11 bits per heavy atom. The highest BCUT2D eigenvalue weighted by atomic mass is 19.4. The number of aromatic carboxylic acids is 1. The highest BCUT2D eigenvalue weighted by Crippen LogP contribution is 2.36. The van der Waals surface area contributed by atoms with E-state index in [4.69, 9.17) is 5.11 Å². The highest BCUT2D eigenvalue weighted by molar-refractivity contribution is 5.89. The van der Waals surface area contributed by atoms with Crippen LogP contribution >= 0.6 is 0 Å². The Bertz CT molecular complexity index is 903. The summed E-state index contributed by atoms with van der Waals surface area (Å²) in [7, 11) is 0. The van der Waals surface area contributed by atoms with Crippen LogP contribution in [0, 0.1) is 5.92 Å². The molecule has 2 aromatic rings. The van der Waals surface area contributed by atoms with Crippen molar-refractivity contribution < 1.29 is 28.2 Å². The molecule has 0 aromatic carbocycles. The fourth-order valence-electron chi connectivity index (χ4n) is 3.42. The number of halogens is 3. The first-order chi connectivity index (χ1) is 12.7. The summed E-state index contributed by atoms with van der Waals surface area (Å²) in [6.07, 6.45) is -1.75. The van der Waals surface area contributed by atoms with Crippen molar-refractivity contribution in [1.29, 1.82) is 0 Å². The lowest BCUT2D eigenvalue weighted by Gasteiger charge is -2.25. The van der Waals surface area contributed by atoms with Crippen LogP contribution in [0.25, 0.3) is 11.4 Å². The molecule has 27 heavy (non-hydrogen) atoms. The monoisotopic (exact) mass is 381 g/mol. The molecule has 144 valence electrons. The second-order valence-corrected chi connectivity index (χ2v) is 6.46. The summed E-state index contributed by atoms with van der Waals surface area (Å²) in [6, 6.07) is 4.55. The quantitative estimate of drug-likeness (QED) is 0.846. The highest BCUT2D eigenvalue weighted by Gasteiger charge is 2.41. The number of carbonyl (C=O) groups is 1. The van der Waals surface area contributed by atoms with E-state index in [1.54, 1.807) is 12.1 Å². The Balaban J connectivity index is 2.14. The molecule has 0 spiro atoms. The molecule has 9 heteroatoms. The lowest BCUT2D eigenvalue weighted by atomic mass is 9.83. The third-order valence-corrected chi connectivity index (χ3v) is 4.75. The number of hydrogen-bond acceptors (Lipinski definition) is 4. The van der Waals surface area contributed by atoms with Crippen molar-refractivity contribution in [3.63, 3.8) is 0 Å². The van der Waals surface area contributed by atoms with E-state index < -0.39 is 23.4 Å². The molecule has 1 unspecified atom stereocenters. The van der Waals surface area contributed by atoms with E-state index in [-0.39, 0.29) is 18.3 Å². The average molecular weight is 381 g/mol. The molecule has 0 amide bonds. The van der Waals surface area contributed by atoms with Crippen LogP contribution in [0.5, 0.6) is 0 Å². The molecule has 0 saturated carbocycles. The number of nitrogens with zero attached hydrogens (tertiary/aromatic N) is 3. The van der Waals surface area contributed by atoms with Crippen LogP contribution in [-0.2, 0) is 6.18 Å². The molecular weight excluding hydrogens is 363 g/mol. The van der Waals surface area contributed by atoms with Crippen molar-refractivity contribution in [1.82, 2.24) is 14.8 Å². The van der Waals surface area contributed by atoms with Crippen molar-refractivity contribution >= 4 is 11.5 Å². The SMILES string of the molecule is CC1CCCC(c2cccc(-n3ncc(C(=O)O)c3C(F)(F)F)n2)=C1CO. The summed E-state index contributed by atoms with van der Waals surface area (Å²) >= 11 is 0. The van der Waals surface area contributed by atoms with Gasteiger partial charge >= 0.3 is 12.1 Å². The summed E-state index contributed by atoms with van der Waals surface area (Å²) in [5.74, 6) is -1.68. The standard InChI is InChI=1S/C18H18F3N3O3/c1-10-4-2-5-11(13(10)9-25)14-6-3-7-15(23-14)24-16(18(19,20)21)12(8-22-24)17(26)27/h3,6-8,10,25H,2,4-5,9H2,1H3,(H,26,27). The van der Waals surface area contributed by atoms with Crippen LogP contribution in [0.4, 0.5) is 13.2 Å². The van der Waals surface area contributed by atoms with Crippen LogP contribution in [0.2, 0.25) is 0 Å². The number of hydrogen-bond donors (Lipinski definition) is 2. The first-order valence-corrected chi connectivity index (χ1v) is 8.43. The lowest BCUT2D eigenvalue weighted by molar-refractivity contribution is -0.143. The number of aliphatic hydroxyl groups is 1. The van der Waals surface area contributed by atoms with Crippen molar-refractivity contribution in [2.24, 2.45) is 5.92 Å². The number of carboxylic acid groups (broad SMARTS) is 1. The average Bonchev–Trinajstić information content (AvgIpc) is 3.07. The van der Waals surface area contributed by atoms with E-state index in [0.29, 0.717) is 23.0 Å². The number of pyridine rings is 1. The Hall–Kier alpha value is -2.68. The number of aromatic nitrogens is 3. The minimum Gasteiger partial charge on any atom is -0.478 e. The molecule has 2 aromatic heterocycles. The summed E-state index contributed by atoms with van der Waals surface area (Å²) in [5.41, 5.74) is -0.209. The van der Waals surface area contributed by atoms with Gasteiger partial charge in [0, 0.05) is 0 Å². The predicted molar refractivity (Wildman–Crippen MR) is 90.3 cm³/mol. The zero-order valence-corrected chi connectivity index (χ0v) is 14.5. The molecule has 0 fully saturated rings.